The monoisotopic (exact) mass is 363 g/mol. The van der Waals surface area contributed by atoms with E-state index in [2.05, 4.69) is 40.8 Å². The van der Waals surface area contributed by atoms with Crippen LogP contribution in [0.1, 0.15) is 52.1 Å². The van der Waals surface area contributed by atoms with Crippen LogP contribution in [0.5, 0.6) is 0 Å². The van der Waals surface area contributed by atoms with Crippen LogP contribution in [-0.4, -0.2) is 33.2 Å². The molecule has 0 saturated heterocycles. The van der Waals surface area contributed by atoms with E-state index in [1.54, 1.807) is 6.92 Å². The number of rotatable bonds is 7. The van der Waals surface area contributed by atoms with Crippen LogP contribution in [0.2, 0.25) is 0 Å². The molecule has 142 valence electrons. The Bertz CT molecular complexity index is 917. The predicted octanol–water partition coefficient (Wildman–Crippen LogP) is 5.03. The number of carbonyl (C=O) groups is 1. The van der Waals surface area contributed by atoms with Gasteiger partial charge in [-0.15, -0.1) is 0 Å². The van der Waals surface area contributed by atoms with Gasteiger partial charge >= 0.3 is 0 Å². The number of hydrogen-bond donors (Lipinski definition) is 0. The molecule has 0 saturated carbocycles. The maximum absolute atomic E-state index is 12.2. The van der Waals surface area contributed by atoms with Crippen molar-refractivity contribution in [3.8, 4) is 0 Å². The van der Waals surface area contributed by atoms with Gasteiger partial charge in [-0.05, 0) is 44.4 Å². The molecule has 3 heterocycles. The number of allylic oxidation sites excluding steroid dienone is 2. The van der Waals surface area contributed by atoms with Crippen molar-refractivity contribution in [3.63, 3.8) is 0 Å². The Morgan fingerprint density at radius 2 is 2.19 bits per heavy atom. The third-order valence-corrected chi connectivity index (χ3v) is 5.28. The second kappa shape index (κ2) is 8.38. The fraction of sp³-hybridized carbons (Fsp3) is 0.391. The Hall–Kier alpha value is -2.62. The van der Waals surface area contributed by atoms with Crippen molar-refractivity contribution in [2.75, 3.05) is 13.1 Å². The summed E-state index contributed by atoms with van der Waals surface area (Å²) in [7, 11) is 0. The van der Waals surface area contributed by atoms with Crippen LogP contribution in [0, 0.1) is 0 Å². The number of hydrogen-bond acceptors (Lipinski definition) is 3. The summed E-state index contributed by atoms with van der Waals surface area (Å²) < 4.78 is 2.07. The van der Waals surface area contributed by atoms with Crippen molar-refractivity contribution in [1.29, 1.82) is 0 Å². The minimum absolute atomic E-state index is 0.175. The molecule has 0 amide bonds. The molecule has 0 fully saturated rings. The average Bonchev–Trinajstić information content (AvgIpc) is 3.09. The largest absolute Gasteiger partial charge is 0.366 e. The third-order valence-electron chi connectivity index (χ3n) is 5.28. The van der Waals surface area contributed by atoms with Gasteiger partial charge in [-0.2, -0.15) is 0 Å². The maximum atomic E-state index is 12.2. The highest BCUT2D eigenvalue weighted by Crippen LogP contribution is 2.30. The summed E-state index contributed by atoms with van der Waals surface area (Å²) in [4.78, 5) is 18.9. The van der Waals surface area contributed by atoms with Gasteiger partial charge < -0.3 is 4.90 Å². The van der Waals surface area contributed by atoms with E-state index in [1.807, 2.05) is 30.6 Å². The molecule has 0 bridgehead atoms. The van der Waals surface area contributed by atoms with Gasteiger partial charge in [-0.25, -0.2) is 4.98 Å². The second-order valence-corrected chi connectivity index (χ2v) is 7.27. The molecule has 2 aromatic heterocycles. The fourth-order valence-corrected chi connectivity index (χ4v) is 3.75. The lowest BCUT2D eigenvalue weighted by Gasteiger charge is -2.33. The van der Waals surface area contributed by atoms with Crippen molar-refractivity contribution in [1.82, 2.24) is 14.3 Å². The molecule has 2 aromatic rings. The number of carbonyl (C=O) groups excluding carboxylic acids is 1. The number of Topliss-reactive ketones (excluding diaryl/α,β-unsaturated/α-hetero) is 1. The number of imidazole rings is 1. The van der Waals surface area contributed by atoms with Gasteiger partial charge in [-0.1, -0.05) is 44.1 Å². The van der Waals surface area contributed by atoms with Gasteiger partial charge in [-0.3, -0.25) is 9.20 Å². The molecular formula is C23H29N3O. The van der Waals surface area contributed by atoms with Crippen LogP contribution in [0.15, 0.2) is 60.0 Å². The number of pyridine rings is 1. The van der Waals surface area contributed by atoms with Crippen molar-refractivity contribution < 1.29 is 4.79 Å². The summed E-state index contributed by atoms with van der Waals surface area (Å²) in [5, 5.41) is 0. The highest BCUT2D eigenvalue weighted by molar-refractivity contribution is 5.98. The van der Waals surface area contributed by atoms with Gasteiger partial charge in [0.05, 0.1) is 17.6 Å². The molecule has 0 N–H and O–H groups in total. The maximum Gasteiger partial charge on any atom is 0.159 e. The number of nitrogens with zero attached hydrogens (tertiary/aromatic N) is 3. The Labute approximate surface area is 161 Å². The summed E-state index contributed by atoms with van der Waals surface area (Å²) in [6.45, 7) is 12.0. The molecule has 4 heteroatoms. The molecule has 3 rings (SSSR count). The lowest BCUT2D eigenvalue weighted by Crippen LogP contribution is -2.30. The topological polar surface area (TPSA) is 37.6 Å². The van der Waals surface area contributed by atoms with Crippen molar-refractivity contribution in [2.24, 2.45) is 0 Å². The lowest BCUT2D eigenvalue weighted by molar-refractivity contribution is -0.113. The zero-order chi connectivity index (χ0) is 19.4. The van der Waals surface area contributed by atoms with Gasteiger partial charge in [0, 0.05) is 24.9 Å². The first-order valence-electron chi connectivity index (χ1n) is 9.79. The Balaban J connectivity index is 1.81. The zero-order valence-electron chi connectivity index (χ0n) is 16.7. The molecule has 27 heavy (non-hydrogen) atoms. The van der Waals surface area contributed by atoms with Crippen molar-refractivity contribution in [2.45, 2.75) is 46.5 Å². The highest BCUT2D eigenvalue weighted by atomic mass is 16.1. The van der Waals surface area contributed by atoms with Crippen LogP contribution in [0.4, 0.5) is 0 Å². The Morgan fingerprint density at radius 1 is 1.37 bits per heavy atom. The van der Waals surface area contributed by atoms with E-state index in [9.17, 15) is 4.79 Å². The molecule has 0 aliphatic carbocycles. The molecule has 1 aliphatic rings. The Morgan fingerprint density at radius 3 is 2.89 bits per heavy atom. The first-order chi connectivity index (χ1) is 13.0. The van der Waals surface area contributed by atoms with Crippen LogP contribution in [0.3, 0.4) is 0 Å². The fourth-order valence-electron chi connectivity index (χ4n) is 3.75. The molecule has 0 atom stereocenters. The summed E-state index contributed by atoms with van der Waals surface area (Å²) in [5.41, 5.74) is 6.32. The SMILES string of the molecule is C=C(c1cnc2ccccn12)N1CCC(/C(=C\CCCC)C(C)=O)=C(C)C1. The smallest absolute Gasteiger partial charge is 0.159 e. The summed E-state index contributed by atoms with van der Waals surface area (Å²) >= 11 is 0. The van der Waals surface area contributed by atoms with Gasteiger partial charge in [0.2, 0.25) is 0 Å². The van der Waals surface area contributed by atoms with Crippen LogP contribution >= 0.6 is 0 Å². The van der Waals surface area contributed by atoms with Crippen molar-refractivity contribution in [3.05, 3.63) is 65.7 Å². The summed E-state index contributed by atoms with van der Waals surface area (Å²) in [6, 6.07) is 5.99. The molecule has 0 aromatic carbocycles. The second-order valence-electron chi connectivity index (χ2n) is 7.27. The number of fused-ring (bicyclic) bond motifs is 1. The van der Waals surface area contributed by atoms with Crippen molar-refractivity contribution >= 4 is 17.1 Å². The molecule has 0 unspecified atom stereocenters. The third kappa shape index (κ3) is 4.05. The highest BCUT2D eigenvalue weighted by Gasteiger charge is 2.23. The number of unbranched alkanes of at least 4 members (excludes halogenated alkanes) is 2. The van der Waals surface area contributed by atoms with Crippen LogP contribution in [0.25, 0.3) is 11.3 Å². The van der Waals surface area contributed by atoms with Gasteiger partial charge in [0.25, 0.3) is 0 Å². The number of aromatic nitrogens is 2. The first-order valence-corrected chi connectivity index (χ1v) is 9.79. The van der Waals surface area contributed by atoms with Crippen LogP contribution < -0.4 is 0 Å². The minimum Gasteiger partial charge on any atom is -0.366 e. The van der Waals surface area contributed by atoms with E-state index >= 15 is 0 Å². The molecular weight excluding hydrogens is 334 g/mol. The van der Waals surface area contributed by atoms with Gasteiger partial charge in [0.1, 0.15) is 5.65 Å². The lowest BCUT2D eigenvalue weighted by atomic mass is 9.90. The van der Waals surface area contributed by atoms with E-state index in [1.165, 1.54) is 11.1 Å². The quantitative estimate of drug-likeness (QED) is 0.511. The Kier molecular flexibility index (Phi) is 5.94. The molecule has 0 radical (unpaired) electrons. The number of ketones is 1. The average molecular weight is 364 g/mol. The minimum atomic E-state index is 0.175. The normalized spacial score (nSPS) is 15.5. The molecule has 4 nitrogen and oxygen atoms in total. The van der Waals surface area contributed by atoms with E-state index in [4.69, 9.17) is 0 Å². The molecule has 1 aliphatic heterocycles. The zero-order valence-corrected chi connectivity index (χ0v) is 16.7. The van der Waals surface area contributed by atoms with E-state index in [0.717, 1.165) is 61.4 Å². The van der Waals surface area contributed by atoms with E-state index < -0.39 is 0 Å². The first kappa shape index (κ1) is 19.2. The van der Waals surface area contributed by atoms with E-state index in [-0.39, 0.29) is 5.78 Å². The summed E-state index contributed by atoms with van der Waals surface area (Å²) in [6.07, 6.45) is 10.2. The summed E-state index contributed by atoms with van der Waals surface area (Å²) in [5.74, 6) is 0.175. The van der Waals surface area contributed by atoms with Crippen LogP contribution in [-0.2, 0) is 4.79 Å². The predicted molar refractivity (Wildman–Crippen MR) is 111 cm³/mol. The standard InChI is InChI=1S/C23H29N3O/c1-5-6-7-10-21(19(4)27)20-12-14-25(16-17(20)2)18(3)22-15-24-23-11-8-9-13-26(22)23/h8-11,13,15H,3,5-7,12,14,16H2,1-2,4H3/b21-10-. The molecule has 0 spiro atoms. The van der Waals surface area contributed by atoms with E-state index in [0.29, 0.717) is 0 Å². The van der Waals surface area contributed by atoms with Gasteiger partial charge in [0.15, 0.2) is 5.78 Å².